The van der Waals surface area contributed by atoms with Crippen molar-refractivity contribution >= 4 is 22.7 Å². The SMILES string of the molecule is O=C(O)c1cc(NCCCOCCO)nc2ccccc12. The van der Waals surface area contributed by atoms with Crippen molar-refractivity contribution in [2.75, 3.05) is 31.7 Å². The van der Waals surface area contributed by atoms with Crippen LogP contribution in [-0.2, 0) is 4.74 Å². The zero-order chi connectivity index (χ0) is 15.1. The van der Waals surface area contributed by atoms with Crippen molar-refractivity contribution in [3.05, 3.63) is 35.9 Å². The Labute approximate surface area is 122 Å². The molecule has 1 aromatic carbocycles. The summed E-state index contributed by atoms with van der Waals surface area (Å²) >= 11 is 0. The van der Waals surface area contributed by atoms with Gasteiger partial charge in [0.1, 0.15) is 5.82 Å². The molecule has 21 heavy (non-hydrogen) atoms. The second kappa shape index (κ2) is 7.56. The molecular formula is C15H18N2O4. The van der Waals surface area contributed by atoms with E-state index in [0.29, 0.717) is 36.5 Å². The van der Waals surface area contributed by atoms with E-state index in [-0.39, 0.29) is 12.2 Å². The molecule has 6 heteroatoms. The zero-order valence-electron chi connectivity index (χ0n) is 11.6. The largest absolute Gasteiger partial charge is 0.478 e. The second-order valence-corrected chi connectivity index (χ2v) is 4.49. The summed E-state index contributed by atoms with van der Waals surface area (Å²) in [5.74, 6) is -0.434. The van der Waals surface area contributed by atoms with Crippen LogP contribution in [0.4, 0.5) is 5.82 Å². The van der Waals surface area contributed by atoms with Gasteiger partial charge in [-0.05, 0) is 18.6 Å². The number of anilines is 1. The van der Waals surface area contributed by atoms with Gasteiger partial charge in [-0.2, -0.15) is 0 Å². The van der Waals surface area contributed by atoms with E-state index >= 15 is 0 Å². The molecule has 1 heterocycles. The van der Waals surface area contributed by atoms with Gasteiger partial charge < -0.3 is 20.3 Å². The molecular weight excluding hydrogens is 272 g/mol. The van der Waals surface area contributed by atoms with Crippen LogP contribution < -0.4 is 5.32 Å². The van der Waals surface area contributed by atoms with Crippen molar-refractivity contribution in [1.29, 1.82) is 0 Å². The minimum Gasteiger partial charge on any atom is -0.478 e. The molecule has 2 aromatic rings. The van der Waals surface area contributed by atoms with Crippen LogP contribution in [0.5, 0.6) is 0 Å². The summed E-state index contributed by atoms with van der Waals surface area (Å²) in [5, 5.41) is 21.6. The Morgan fingerprint density at radius 1 is 1.29 bits per heavy atom. The number of fused-ring (bicyclic) bond motifs is 1. The first-order chi connectivity index (χ1) is 10.2. The molecule has 6 nitrogen and oxygen atoms in total. The predicted molar refractivity (Wildman–Crippen MR) is 79.7 cm³/mol. The minimum atomic E-state index is -0.970. The van der Waals surface area contributed by atoms with Crippen molar-refractivity contribution in [1.82, 2.24) is 4.98 Å². The monoisotopic (exact) mass is 290 g/mol. The summed E-state index contributed by atoms with van der Waals surface area (Å²) in [5.41, 5.74) is 0.885. The van der Waals surface area contributed by atoms with E-state index in [4.69, 9.17) is 9.84 Å². The van der Waals surface area contributed by atoms with Crippen LogP contribution in [0.15, 0.2) is 30.3 Å². The van der Waals surface area contributed by atoms with Crippen LogP contribution in [0.2, 0.25) is 0 Å². The molecule has 2 rings (SSSR count). The number of aromatic nitrogens is 1. The number of hydrogen-bond acceptors (Lipinski definition) is 5. The molecule has 0 unspecified atom stereocenters. The first-order valence-corrected chi connectivity index (χ1v) is 6.78. The summed E-state index contributed by atoms with van der Waals surface area (Å²) < 4.78 is 5.15. The van der Waals surface area contributed by atoms with Crippen LogP contribution in [0.25, 0.3) is 10.9 Å². The van der Waals surface area contributed by atoms with E-state index in [0.717, 1.165) is 6.42 Å². The zero-order valence-corrected chi connectivity index (χ0v) is 11.6. The van der Waals surface area contributed by atoms with Gasteiger partial charge in [0, 0.05) is 18.5 Å². The van der Waals surface area contributed by atoms with Crippen molar-refractivity contribution in [3.8, 4) is 0 Å². The lowest BCUT2D eigenvalue weighted by atomic mass is 10.1. The maximum Gasteiger partial charge on any atom is 0.336 e. The van der Waals surface area contributed by atoms with E-state index in [1.807, 2.05) is 6.07 Å². The van der Waals surface area contributed by atoms with Gasteiger partial charge in [0.15, 0.2) is 0 Å². The summed E-state index contributed by atoms with van der Waals surface area (Å²) in [6.45, 7) is 1.50. The van der Waals surface area contributed by atoms with Crippen molar-refractivity contribution < 1.29 is 19.7 Å². The highest BCUT2D eigenvalue weighted by molar-refractivity contribution is 6.03. The fourth-order valence-corrected chi connectivity index (χ4v) is 2.00. The fourth-order valence-electron chi connectivity index (χ4n) is 2.00. The Hall–Kier alpha value is -2.18. The molecule has 0 aliphatic carbocycles. The maximum absolute atomic E-state index is 11.3. The summed E-state index contributed by atoms with van der Waals surface area (Å²) in [6, 6.07) is 8.70. The average Bonchev–Trinajstić information content (AvgIpc) is 2.49. The van der Waals surface area contributed by atoms with Gasteiger partial charge in [-0.3, -0.25) is 0 Å². The number of benzene rings is 1. The van der Waals surface area contributed by atoms with E-state index in [1.165, 1.54) is 0 Å². The molecule has 0 saturated heterocycles. The molecule has 0 radical (unpaired) electrons. The third-order valence-electron chi connectivity index (χ3n) is 2.95. The number of carbonyl (C=O) groups is 1. The van der Waals surface area contributed by atoms with Crippen molar-refractivity contribution in [2.24, 2.45) is 0 Å². The number of nitrogens with zero attached hydrogens (tertiary/aromatic N) is 1. The number of pyridine rings is 1. The number of hydrogen-bond donors (Lipinski definition) is 3. The molecule has 0 amide bonds. The number of ether oxygens (including phenoxy) is 1. The molecule has 112 valence electrons. The highest BCUT2D eigenvalue weighted by Crippen LogP contribution is 2.20. The Balaban J connectivity index is 2.05. The van der Waals surface area contributed by atoms with E-state index < -0.39 is 5.97 Å². The number of nitrogens with one attached hydrogen (secondary N) is 1. The molecule has 0 atom stereocenters. The number of aliphatic hydroxyl groups is 1. The van der Waals surface area contributed by atoms with Gasteiger partial charge in [-0.15, -0.1) is 0 Å². The van der Waals surface area contributed by atoms with Crippen LogP contribution in [-0.4, -0.2) is 47.5 Å². The van der Waals surface area contributed by atoms with Gasteiger partial charge in [-0.1, -0.05) is 18.2 Å². The normalized spacial score (nSPS) is 10.7. The van der Waals surface area contributed by atoms with E-state index in [1.54, 1.807) is 24.3 Å². The Morgan fingerprint density at radius 2 is 2.10 bits per heavy atom. The fraction of sp³-hybridized carbons (Fsp3) is 0.333. The van der Waals surface area contributed by atoms with Gasteiger partial charge in [-0.25, -0.2) is 9.78 Å². The molecule has 0 bridgehead atoms. The quantitative estimate of drug-likeness (QED) is 0.641. The Bertz CT molecular complexity index is 616. The first kappa shape index (κ1) is 15.2. The van der Waals surface area contributed by atoms with Crippen molar-refractivity contribution in [2.45, 2.75) is 6.42 Å². The number of aromatic carboxylic acids is 1. The maximum atomic E-state index is 11.3. The van der Waals surface area contributed by atoms with Crippen LogP contribution in [0.3, 0.4) is 0 Å². The molecule has 0 spiro atoms. The lowest BCUT2D eigenvalue weighted by Crippen LogP contribution is -2.09. The summed E-state index contributed by atoms with van der Waals surface area (Å²) in [7, 11) is 0. The predicted octanol–water partition coefficient (Wildman–Crippen LogP) is 1.74. The molecule has 0 fully saturated rings. The number of para-hydroxylation sites is 1. The molecule has 3 N–H and O–H groups in total. The third-order valence-corrected chi connectivity index (χ3v) is 2.95. The second-order valence-electron chi connectivity index (χ2n) is 4.49. The number of rotatable bonds is 8. The summed E-state index contributed by atoms with van der Waals surface area (Å²) in [4.78, 5) is 15.7. The lowest BCUT2D eigenvalue weighted by Gasteiger charge is -2.09. The van der Waals surface area contributed by atoms with E-state index in [2.05, 4.69) is 10.3 Å². The summed E-state index contributed by atoms with van der Waals surface area (Å²) in [6.07, 6.45) is 0.747. The smallest absolute Gasteiger partial charge is 0.336 e. The molecule has 1 aromatic heterocycles. The molecule has 0 saturated carbocycles. The Kier molecular flexibility index (Phi) is 5.48. The third kappa shape index (κ3) is 4.14. The minimum absolute atomic E-state index is 0.0155. The average molecular weight is 290 g/mol. The van der Waals surface area contributed by atoms with Gasteiger partial charge >= 0.3 is 5.97 Å². The first-order valence-electron chi connectivity index (χ1n) is 6.78. The molecule has 0 aliphatic heterocycles. The highest BCUT2D eigenvalue weighted by atomic mass is 16.5. The topological polar surface area (TPSA) is 91.7 Å². The van der Waals surface area contributed by atoms with E-state index in [9.17, 15) is 9.90 Å². The van der Waals surface area contributed by atoms with Crippen LogP contribution in [0, 0.1) is 0 Å². The lowest BCUT2D eigenvalue weighted by molar-refractivity contribution is 0.0699. The van der Waals surface area contributed by atoms with Gasteiger partial charge in [0.25, 0.3) is 0 Å². The Morgan fingerprint density at radius 3 is 2.86 bits per heavy atom. The number of carboxylic acids is 1. The molecule has 0 aliphatic rings. The van der Waals surface area contributed by atoms with Gasteiger partial charge in [0.2, 0.25) is 0 Å². The van der Waals surface area contributed by atoms with Crippen molar-refractivity contribution in [3.63, 3.8) is 0 Å². The van der Waals surface area contributed by atoms with Gasteiger partial charge in [0.05, 0.1) is 24.3 Å². The highest BCUT2D eigenvalue weighted by Gasteiger charge is 2.11. The van der Waals surface area contributed by atoms with Crippen LogP contribution >= 0.6 is 0 Å². The standard InChI is InChI=1S/C15H18N2O4/c18-7-9-21-8-3-6-16-14-10-12(15(19)20)11-4-1-2-5-13(11)17-14/h1-2,4-5,10,18H,3,6-9H2,(H,16,17)(H,19,20). The number of carboxylic acid groups (broad SMARTS) is 1. The number of aliphatic hydroxyl groups excluding tert-OH is 1. The van der Waals surface area contributed by atoms with Crippen LogP contribution in [0.1, 0.15) is 16.8 Å².